The summed E-state index contributed by atoms with van der Waals surface area (Å²) in [4.78, 5) is 6.67. The molecule has 1 N–H and O–H groups in total. The average Bonchev–Trinajstić information content (AvgIpc) is 2.31. The van der Waals surface area contributed by atoms with E-state index in [1.807, 2.05) is 23.9 Å². The van der Waals surface area contributed by atoms with Gasteiger partial charge in [-0.25, -0.2) is 4.98 Å². The monoisotopic (exact) mass is 258 g/mol. The van der Waals surface area contributed by atoms with Crippen LogP contribution in [-0.4, -0.2) is 34.2 Å². The Morgan fingerprint density at radius 3 is 3.12 bits per heavy atom. The van der Waals surface area contributed by atoms with Gasteiger partial charge in [-0.2, -0.15) is 11.8 Å². The summed E-state index contributed by atoms with van der Waals surface area (Å²) in [5.41, 5.74) is 0.560. The minimum Gasteiger partial charge on any atom is -0.390 e. The van der Waals surface area contributed by atoms with Gasteiger partial charge in [0.25, 0.3) is 0 Å². The fraction of sp³-hybridized carbons (Fsp3) is 0.545. The van der Waals surface area contributed by atoms with Gasteiger partial charge in [-0.3, -0.25) is 0 Å². The van der Waals surface area contributed by atoms with Crippen molar-refractivity contribution in [2.45, 2.75) is 19.6 Å². The van der Waals surface area contributed by atoms with Crippen LogP contribution in [0.5, 0.6) is 0 Å². The van der Waals surface area contributed by atoms with Crippen molar-refractivity contribution < 1.29 is 5.11 Å². The third kappa shape index (κ3) is 2.44. The Morgan fingerprint density at radius 1 is 1.62 bits per heavy atom. The zero-order valence-electron chi connectivity index (χ0n) is 9.19. The standard InChI is InChI=1S/C11H15ClN2OS/c1-8-7-16-5-4-14(8)11-3-2-9(12)10(6-15)13-11/h2-3,8,15H,4-7H2,1H3. The molecule has 1 aromatic rings. The second-order valence-electron chi connectivity index (χ2n) is 3.87. The van der Waals surface area contributed by atoms with E-state index in [1.165, 1.54) is 0 Å². The van der Waals surface area contributed by atoms with Crippen LogP contribution in [0.1, 0.15) is 12.6 Å². The van der Waals surface area contributed by atoms with E-state index in [0.29, 0.717) is 16.8 Å². The Morgan fingerprint density at radius 2 is 2.44 bits per heavy atom. The summed E-state index contributed by atoms with van der Waals surface area (Å²) < 4.78 is 0. The van der Waals surface area contributed by atoms with Crippen LogP contribution in [-0.2, 0) is 6.61 Å². The van der Waals surface area contributed by atoms with Gasteiger partial charge >= 0.3 is 0 Å². The molecule has 0 amide bonds. The molecule has 0 bridgehead atoms. The van der Waals surface area contributed by atoms with E-state index in [1.54, 1.807) is 0 Å². The van der Waals surface area contributed by atoms with Gasteiger partial charge in [0.15, 0.2) is 0 Å². The van der Waals surface area contributed by atoms with Gasteiger partial charge in [0.1, 0.15) is 5.82 Å². The summed E-state index contributed by atoms with van der Waals surface area (Å²) in [6, 6.07) is 4.22. The lowest BCUT2D eigenvalue weighted by Crippen LogP contribution is -2.41. The van der Waals surface area contributed by atoms with Crippen molar-refractivity contribution in [2.75, 3.05) is 23.0 Å². The van der Waals surface area contributed by atoms with Crippen LogP contribution in [0.2, 0.25) is 5.02 Å². The predicted octanol–water partition coefficient (Wildman–Crippen LogP) is 2.17. The number of halogens is 1. The summed E-state index contributed by atoms with van der Waals surface area (Å²) in [6.07, 6.45) is 0. The Hall–Kier alpha value is -0.450. The normalized spacial score (nSPS) is 21.2. The molecule has 5 heteroatoms. The maximum atomic E-state index is 9.14. The number of rotatable bonds is 2. The number of hydrogen-bond donors (Lipinski definition) is 1. The van der Waals surface area contributed by atoms with E-state index in [2.05, 4.69) is 16.8 Å². The van der Waals surface area contributed by atoms with Gasteiger partial charge in [0.2, 0.25) is 0 Å². The Kier molecular flexibility index (Phi) is 3.95. The predicted molar refractivity (Wildman–Crippen MR) is 69.3 cm³/mol. The van der Waals surface area contributed by atoms with Crippen LogP contribution in [0.3, 0.4) is 0 Å². The van der Waals surface area contributed by atoms with E-state index >= 15 is 0 Å². The van der Waals surface area contributed by atoms with Crippen molar-refractivity contribution in [2.24, 2.45) is 0 Å². The van der Waals surface area contributed by atoms with Crippen LogP contribution in [0, 0.1) is 0 Å². The second kappa shape index (κ2) is 5.25. The molecule has 2 rings (SSSR count). The molecule has 1 aliphatic heterocycles. The molecule has 0 aromatic carbocycles. The third-order valence-corrected chi connectivity index (χ3v) is 4.25. The number of nitrogens with zero attached hydrogens (tertiary/aromatic N) is 2. The first kappa shape index (κ1) is 12.0. The third-order valence-electron chi connectivity index (χ3n) is 2.72. The number of aromatic nitrogens is 1. The molecule has 3 nitrogen and oxygen atoms in total. The molecule has 0 spiro atoms. The van der Waals surface area contributed by atoms with Crippen molar-refractivity contribution in [3.8, 4) is 0 Å². The molecule has 1 saturated heterocycles. The smallest absolute Gasteiger partial charge is 0.129 e. The molecule has 0 radical (unpaired) electrons. The van der Waals surface area contributed by atoms with Gasteiger partial charge in [-0.15, -0.1) is 0 Å². The molecule has 88 valence electrons. The SMILES string of the molecule is CC1CSCCN1c1ccc(Cl)c(CO)n1. The molecule has 1 aliphatic rings. The zero-order chi connectivity index (χ0) is 11.5. The first-order chi connectivity index (χ1) is 7.72. The number of aliphatic hydroxyl groups excluding tert-OH is 1. The van der Waals surface area contributed by atoms with Crippen molar-refractivity contribution in [1.82, 2.24) is 4.98 Å². The molecule has 1 atom stereocenters. The summed E-state index contributed by atoms with van der Waals surface area (Å²) >= 11 is 7.90. The topological polar surface area (TPSA) is 36.4 Å². The highest BCUT2D eigenvalue weighted by Crippen LogP contribution is 2.24. The fourth-order valence-electron chi connectivity index (χ4n) is 1.81. The molecule has 1 fully saturated rings. The van der Waals surface area contributed by atoms with E-state index in [9.17, 15) is 0 Å². The van der Waals surface area contributed by atoms with Crippen LogP contribution in [0.25, 0.3) is 0 Å². The van der Waals surface area contributed by atoms with E-state index in [0.717, 1.165) is 23.9 Å². The van der Waals surface area contributed by atoms with Gasteiger partial charge in [-0.1, -0.05) is 11.6 Å². The van der Waals surface area contributed by atoms with Gasteiger partial charge in [-0.05, 0) is 19.1 Å². The minimum absolute atomic E-state index is 0.107. The molecule has 16 heavy (non-hydrogen) atoms. The summed E-state index contributed by atoms with van der Waals surface area (Å²) in [5, 5.41) is 9.67. The lowest BCUT2D eigenvalue weighted by Gasteiger charge is -2.34. The second-order valence-corrected chi connectivity index (χ2v) is 5.43. The van der Waals surface area contributed by atoms with E-state index in [4.69, 9.17) is 16.7 Å². The lowest BCUT2D eigenvalue weighted by atomic mass is 10.2. The number of anilines is 1. The quantitative estimate of drug-likeness (QED) is 0.882. The molecule has 2 heterocycles. The van der Waals surface area contributed by atoms with Crippen molar-refractivity contribution in [1.29, 1.82) is 0 Å². The highest BCUT2D eigenvalue weighted by Gasteiger charge is 2.20. The Bertz CT molecular complexity index is 375. The van der Waals surface area contributed by atoms with E-state index in [-0.39, 0.29) is 6.61 Å². The van der Waals surface area contributed by atoms with Gasteiger partial charge < -0.3 is 10.0 Å². The first-order valence-corrected chi connectivity index (χ1v) is 6.86. The molecule has 1 aromatic heterocycles. The number of aliphatic hydroxyl groups is 1. The fourth-order valence-corrected chi connectivity index (χ4v) is 2.99. The zero-order valence-corrected chi connectivity index (χ0v) is 10.8. The van der Waals surface area contributed by atoms with Crippen molar-refractivity contribution in [3.63, 3.8) is 0 Å². The average molecular weight is 259 g/mol. The highest BCUT2D eigenvalue weighted by molar-refractivity contribution is 7.99. The Labute approximate surface area is 105 Å². The summed E-state index contributed by atoms with van der Waals surface area (Å²) in [5.74, 6) is 3.17. The van der Waals surface area contributed by atoms with Crippen LogP contribution in [0.4, 0.5) is 5.82 Å². The molecule has 1 unspecified atom stereocenters. The molecule has 0 aliphatic carbocycles. The van der Waals surface area contributed by atoms with Crippen molar-refractivity contribution >= 4 is 29.2 Å². The summed E-state index contributed by atoms with van der Waals surface area (Å²) in [6.45, 7) is 3.09. The number of pyridine rings is 1. The first-order valence-electron chi connectivity index (χ1n) is 5.33. The van der Waals surface area contributed by atoms with Crippen LogP contribution in [0.15, 0.2) is 12.1 Å². The molecule has 0 saturated carbocycles. The number of thioether (sulfide) groups is 1. The largest absolute Gasteiger partial charge is 0.390 e. The van der Waals surface area contributed by atoms with Crippen LogP contribution < -0.4 is 4.90 Å². The molecular formula is C11H15ClN2OS. The van der Waals surface area contributed by atoms with Crippen molar-refractivity contribution in [3.05, 3.63) is 22.8 Å². The van der Waals surface area contributed by atoms with Gasteiger partial charge in [0.05, 0.1) is 17.3 Å². The van der Waals surface area contributed by atoms with Gasteiger partial charge in [0, 0.05) is 24.1 Å². The van der Waals surface area contributed by atoms with Crippen LogP contribution >= 0.6 is 23.4 Å². The minimum atomic E-state index is -0.107. The molecular weight excluding hydrogens is 244 g/mol. The highest BCUT2D eigenvalue weighted by atomic mass is 35.5. The number of hydrogen-bond acceptors (Lipinski definition) is 4. The maximum Gasteiger partial charge on any atom is 0.129 e. The summed E-state index contributed by atoms with van der Waals surface area (Å²) in [7, 11) is 0. The lowest BCUT2D eigenvalue weighted by molar-refractivity contribution is 0.277. The van der Waals surface area contributed by atoms with E-state index < -0.39 is 0 Å². The Balaban J connectivity index is 2.25. The maximum absolute atomic E-state index is 9.14.